The number of benzene rings is 1. The normalized spacial score (nSPS) is 15.1. The zero-order valence-corrected chi connectivity index (χ0v) is 14.4. The number of amides is 2. The van der Waals surface area contributed by atoms with Crippen LogP contribution < -0.4 is 5.32 Å². The molecule has 2 amide bonds. The van der Waals surface area contributed by atoms with Gasteiger partial charge in [-0.2, -0.15) is 0 Å². The molecule has 130 valence electrons. The summed E-state index contributed by atoms with van der Waals surface area (Å²) < 4.78 is 0. The average Bonchev–Trinajstić information content (AvgIpc) is 3.42. The summed E-state index contributed by atoms with van der Waals surface area (Å²) in [6.07, 6.45) is 7.66. The second-order valence-corrected chi connectivity index (χ2v) is 6.65. The number of nitrogens with one attached hydrogen (secondary N) is 1. The predicted molar refractivity (Wildman–Crippen MR) is 100 cm³/mol. The third-order valence-corrected chi connectivity index (χ3v) is 4.51. The molecule has 0 saturated heterocycles. The first-order valence-corrected chi connectivity index (χ1v) is 8.42. The maximum atomic E-state index is 12.2. The van der Waals surface area contributed by atoms with Crippen LogP contribution in [0.3, 0.4) is 0 Å². The van der Waals surface area contributed by atoms with Crippen LogP contribution in [0.4, 0.5) is 10.5 Å². The topological polar surface area (TPSA) is 65.5 Å². The van der Waals surface area contributed by atoms with E-state index in [1.165, 1.54) is 0 Å². The molecule has 1 aliphatic rings. The van der Waals surface area contributed by atoms with Gasteiger partial charge in [-0.1, -0.05) is 24.3 Å². The highest BCUT2D eigenvalue weighted by atomic mass is 16.3. The Morgan fingerprint density at radius 3 is 2.60 bits per heavy atom. The van der Waals surface area contributed by atoms with Gasteiger partial charge in [0.15, 0.2) is 0 Å². The Bertz CT molecular complexity index is 737. The molecule has 0 radical (unpaired) electrons. The maximum Gasteiger partial charge on any atom is 0.321 e. The van der Waals surface area contributed by atoms with E-state index in [4.69, 9.17) is 0 Å². The van der Waals surface area contributed by atoms with Crippen LogP contribution in [0.5, 0.6) is 0 Å². The third kappa shape index (κ3) is 4.67. The van der Waals surface area contributed by atoms with Crippen molar-refractivity contribution in [3.63, 3.8) is 0 Å². The van der Waals surface area contributed by atoms with E-state index in [0.29, 0.717) is 6.54 Å². The molecule has 5 heteroatoms. The number of aliphatic hydroxyl groups is 1. The van der Waals surface area contributed by atoms with E-state index in [1.54, 1.807) is 18.1 Å². The summed E-state index contributed by atoms with van der Waals surface area (Å²) in [5, 5.41) is 12.3. The number of rotatable bonds is 6. The summed E-state index contributed by atoms with van der Waals surface area (Å²) in [5.74, 6) is 0. The molecule has 0 atom stereocenters. The fourth-order valence-electron chi connectivity index (χ4n) is 2.67. The first kappa shape index (κ1) is 17.2. The number of aromatic nitrogens is 1. The molecule has 1 fully saturated rings. The number of nitrogens with zero attached hydrogens (tertiary/aromatic N) is 2. The lowest BCUT2D eigenvalue weighted by Gasteiger charge is -2.22. The van der Waals surface area contributed by atoms with E-state index < -0.39 is 0 Å². The Labute approximate surface area is 148 Å². The van der Waals surface area contributed by atoms with Gasteiger partial charge in [0.05, 0.1) is 12.3 Å². The van der Waals surface area contributed by atoms with Crippen LogP contribution in [0, 0.1) is 5.41 Å². The fourth-order valence-corrected chi connectivity index (χ4v) is 2.67. The Morgan fingerprint density at radius 2 is 2.00 bits per heavy atom. The van der Waals surface area contributed by atoms with Crippen LogP contribution in [-0.4, -0.2) is 41.2 Å². The number of carbonyl (C=O) groups is 1. The van der Waals surface area contributed by atoms with Gasteiger partial charge < -0.3 is 15.3 Å². The van der Waals surface area contributed by atoms with Crippen molar-refractivity contribution in [3.05, 3.63) is 59.9 Å². The maximum absolute atomic E-state index is 12.2. The molecule has 0 bridgehead atoms. The van der Waals surface area contributed by atoms with Crippen LogP contribution in [0.2, 0.25) is 0 Å². The molecule has 1 aromatic carbocycles. The molecule has 1 heterocycles. The zero-order chi connectivity index (χ0) is 17.7. The number of urea groups is 1. The predicted octanol–water partition coefficient (Wildman–Crippen LogP) is 3.49. The van der Waals surface area contributed by atoms with Crippen molar-refractivity contribution >= 4 is 23.9 Å². The summed E-state index contributed by atoms with van der Waals surface area (Å²) in [5.41, 5.74) is 2.61. The molecule has 0 unspecified atom stereocenters. The van der Waals surface area contributed by atoms with Crippen molar-refractivity contribution in [3.8, 4) is 0 Å². The first-order valence-electron chi connectivity index (χ1n) is 8.42. The standard InChI is InChI=1S/C20H23N3O2/c1-23(14-20(15-24)11-12-20)19(25)22-18-9-6-16(7-10-18)5-8-17-4-2-3-13-21-17/h2-10,13,24H,11-12,14-15H2,1H3,(H,22,25). The molecular formula is C20H23N3O2. The van der Waals surface area contributed by atoms with Gasteiger partial charge in [-0.05, 0) is 48.7 Å². The van der Waals surface area contributed by atoms with Crippen molar-refractivity contribution in [2.45, 2.75) is 12.8 Å². The molecule has 0 aliphatic heterocycles. The fraction of sp³-hybridized carbons (Fsp3) is 0.300. The van der Waals surface area contributed by atoms with Gasteiger partial charge in [-0.15, -0.1) is 0 Å². The highest BCUT2D eigenvalue weighted by molar-refractivity contribution is 5.89. The van der Waals surface area contributed by atoms with Crippen LogP contribution in [0.1, 0.15) is 24.1 Å². The van der Waals surface area contributed by atoms with E-state index in [1.807, 2.05) is 54.6 Å². The number of hydrogen-bond acceptors (Lipinski definition) is 3. The minimum absolute atomic E-state index is 0.0772. The molecule has 2 aromatic rings. The van der Waals surface area contributed by atoms with Crippen molar-refractivity contribution in [2.75, 3.05) is 25.5 Å². The Balaban J connectivity index is 1.55. The Hall–Kier alpha value is -2.66. The minimum Gasteiger partial charge on any atom is -0.396 e. The van der Waals surface area contributed by atoms with Gasteiger partial charge in [0, 0.05) is 30.9 Å². The van der Waals surface area contributed by atoms with Crippen molar-refractivity contribution < 1.29 is 9.90 Å². The van der Waals surface area contributed by atoms with Crippen LogP contribution in [0.25, 0.3) is 12.2 Å². The second kappa shape index (κ2) is 7.49. The SMILES string of the molecule is CN(CC1(CO)CC1)C(=O)Nc1ccc(C=Cc2ccccn2)cc1. The van der Waals surface area contributed by atoms with Gasteiger partial charge in [0.1, 0.15) is 0 Å². The lowest BCUT2D eigenvalue weighted by atomic mass is 10.1. The summed E-state index contributed by atoms with van der Waals surface area (Å²) in [7, 11) is 1.76. The summed E-state index contributed by atoms with van der Waals surface area (Å²) >= 11 is 0. The molecule has 2 N–H and O–H groups in total. The Morgan fingerprint density at radius 1 is 1.24 bits per heavy atom. The van der Waals surface area contributed by atoms with E-state index in [2.05, 4.69) is 10.3 Å². The first-order chi connectivity index (χ1) is 12.1. The lowest BCUT2D eigenvalue weighted by molar-refractivity contribution is 0.168. The Kier molecular flexibility index (Phi) is 5.14. The minimum atomic E-state index is -0.156. The largest absolute Gasteiger partial charge is 0.396 e. The van der Waals surface area contributed by atoms with Crippen molar-refractivity contribution in [1.29, 1.82) is 0 Å². The van der Waals surface area contributed by atoms with E-state index in [0.717, 1.165) is 29.8 Å². The molecule has 1 aromatic heterocycles. The smallest absolute Gasteiger partial charge is 0.321 e. The van der Waals surface area contributed by atoms with E-state index >= 15 is 0 Å². The highest BCUT2D eigenvalue weighted by Gasteiger charge is 2.43. The van der Waals surface area contributed by atoms with Gasteiger partial charge in [0.25, 0.3) is 0 Å². The van der Waals surface area contributed by atoms with Crippen LogP contribution >= 0.6 is 0 Å². The summed E-state index contributed by atoms with van der Waals surface area (Å²) in [6, 6.07) is 13.3. The summed E-state index contributed by atoms with van der Waals surface area (Å²) in [6.45, 7) is 0.724. The van der Waals surface area contributed by atoms with Gasteiger partial charge in [-0.25, -0.2) is 4.79 Å². The average molecular weight is 337 g/mol. The number of pyridine rings is 1. The van der Waals surface area contributed by atoms with Crippen molar-refractivity contribution in [2.24, 2.45) is 5.41 Å². The molecule has 25 heavy (non-hydrogen) atoms. The van der Waals surface area contributed by atoms with Gasteiger partial charge in [-0.3, -0.25) is 4.98 Å². The second-order valence-electron chi connectivity index (χ2n) is 6.65. The number of carbonyl (C=O) groups excluding carboxylic acids is 1. The molecular weight excluding hydrogens is 314 g/mol. The number of anilines is 1. The summed E-state index contributed by atoms with van der Waals surface area (Å²) in [4.78, 5) is 18.1. The highest BCUT2D eigenvalue weighted by Crippen LogP contribution is 2.45. The molecule has 1 aliphatic carbocycles. The molecule has 0 spiro atoms. The molecule has 3 rings (SSSR count). The molecule has 5 nitrogen and oxygen atoms in total. The number of hydrogen-bond donors (Lipinski definition) is 2. The van der Waals surface area contributed by atoms with Gasteiger partial charge in [0.2, 0.25) is 0 Å². The quantitative estimate of drug-likeness (QED) is 0.848. The van der Waals surface area contributed by atoms with E-state index in [9.17, 15) is 9.90 Å². The van der Waals surface area contributed by atoms with Crippen molar-refractivity contribution in [1.82, 2.24) is 9.88 Å². The van der Waals surface area contributed by atoms with Crippen LogP contribution in [-0.2, 0) is 0 Å². The zero-order valence-electron chi connectivity index (χ0n) is 14.4. The monoisotopic (exact) mass is 337 g/mol. The molecule has 1 saturated carbocycles. The van der Waals surface area contributed by atoms with Gasteiger partial charge >= 0.3 is 6.03 Å². The van der Waals surface area contributed by atoms with Crippen LogP contribution in [0.15, 0.2) is 48.7 Å². The third-order valence-electron chi connectivity index (χ3n) is 4.51. The number of aliphatic hydroxyl groups excluding tert-OH is 1. The lowest BCUT2D eigenvalue weighted by Crippen LogP contribution is -2.37. The van der Waals surface area contributed by atoms with E-state index in [-0.39, 0.29) is 18.1 Å².